The fourth-order valence-electron chi connectivity index (χ4n) is 2.84. The minimum absolute atomic E-state index is 0.0586. The van der Waals surface area contributed by atoms with E-state index in [4.69, 9.17) is 11.6 Å². The molecule has 4 heteroatoms. The maximum absolute atomic E-state index is 12.4. The van der Waals surface area contributed by atoms with Gasteiger partial charge in [0.2, 0.25) is 0 Å². The summed E-state index contributed by atoms with van der Waals surface area (Å²) in [6.07, 6.45) is 4.66. The van der Waals surface area contributed by atoms with Gasteiger partial charge in [0.15, 0.2) is 5.78 Å². The van der Waals surface area contributed by atoms with Crippen molar-refractivity contribution < 1.29 is 4.79 Å². The lowest BCUT2D eigenvalue weighted by molar-refractivity contribution is 0.0992. The summed E-state index contributed by atoms with van der Waals surface area (Å²) in [4.78, 5) is 19.3. The van der Waals surface area contributed by atoms with Gasteiger partial charge in [-0.3, -0.25) is 9.78 Å². The van der Waals surface area contributed by atoms with Crippen LogP contribution in [-0.4, -0.2) is 35.8 Å². The number of pyridine rings is 1. The van der Waals surface area contributed by atoms with Crippen molar-refractivity contribution in [2.24, 2.45) is 0 Å². The molecular formula is C20H21ClN2O. The van der Waals surface area contributed by atoms with Gasteiger partial charge >= 0.3 is 0 Å². The molecule has 0 aliphatic carbocycles. The number of carbonyl (C=O) groups is 1. The number of hydrogen-bond acceptors (Lipinski definition) is 3. The van der Waals surface area contributed by atoms with Crippen molar-refractivity contribution in [1.82, 2.24) is 9.88 Å². The fourth-order valence-corrected chi connectivity index (χ4v) is 2.96. The molecule has 1 aromatic heterocycles. The van der Waals surface area contributed by atoms with E-state index >= 15 is 0 Å². The predicted octanol–water partition coefficient (Wildman–Crippen LogP) is 4.27. The van der Waals surface area contributed by atoms with Gasteiger partial charge in [-0.2, -0.15) is 0 Å². The van der Waals surface area contributed by atoms with Crippen LogP contribution in [0.25, 0.3) is 6.08 Å². The summed E-state index contributed by atoms with van der Waals surface area (Å²) in [5, 5.41) is 0.636. The van der Waals surface area contributed by atoms with Gasteiger partial charge in [0.1, 0.15) is 0 Å². The van der Waals surface area contributed by atoms with Gasteiger partial charge in [0, 0.05) is 29.4 Å². The molecule has 0 spiro atoms. The highest BCUT2D eigenvalue weighted by Crippen LogP contribution is 2.18. The van der Waals surface area contributed by atoms with E-state index in [1.165, 1.54) is 5.57 Å². The standard InChI is InChI=1S/C20H21ClN2O/c1-23-11-9-15(10-12-23)13-18-3-2-4-19(22-18)14-20(24)16-5-7-17(21)8-6-16/h2-8,13H,9-12,14H2,1H3. The molecule has 0 radical (unpaired) electrons. The van der Waals surface area contributed by atoms with E-state index in [2.05, 4.69) is 23.0 Å². The number of rotatable bonds is 4. The number of likely N-dealkylation sites (tertiary alicyclic amines) is 1. The molecule has 1 aliphatic rings. The van der Waals surface area contributed by atoms with E-state index in [-0.39, 0.29) is 5.78 Å². The molecule has 3 nitrogen and oxygen atoms in total. The Kier molecular flexibility index (Phi) is 5.44. The third-order valence-corrected chi connectivity index (χ3v) is 4.57. The summed E-state index contributed by atoms with van der Waals surface area (Å²) in [5.41, 5.74) is 3.84. The molecule has 0 atom stereocenters. The third kappa shape index (κ3) is 4.53. The topological polar surface area (TPSA) is 33.2 Å². The molecule has 1 aliphatic heterocycles. The van der Waals surface area contributed by atoms with Crippen molar-refractivity contribution in [3.8, 4) is 0 Å². The molecule has 0 unspecified atom stereocenters. The second-order valence-corrected chi connectivity index (χ2v) is 6.70. The van der Waals surface area contributed by atoms with Crippen molar-refractivity contribution in [2.45, 2.75) is 19.3 Å². The lowest BCUT2D eigenvalue weighted by Crippen LogP contribution is -2.26. The normalized spacial score (nSPS) is 15.3. The molecule has 2 aromatic rings. The number of aromatic nitrogens is 1. The molecule has 2 heterocycles. The number of hydrogen-bond donors (Lipinski definition) is 0. The average molecular weight is 341 g/mol. The van der Waals surface area contributed by atoms with Crippen LogP contribution in [0, 0.1) is 0 Å². The fraction of sp³-hybridized carbons (Fsp3) is 0.300. The van der Waals surface area contributed by atoms with Gasteiger partial charge in [0.25, 0.3) is 0 Å². The number of halogens is 1. The predicted molar refractivity (Wildman–Crippen MR) is 98.4 cm³/mol. The van der Waals surface area contributed by atoms with E-state index in [1.807, 2.05) is 18.2 Å². The average Bonchev–Trinajstić information content (AvgIpc) is 2.58. The number of benzene rings is 1. The van der Waals surface area contributed by atoms with Crippen LogP contribution in [0.1, 0.15) is 34.6 Å². The first-order chi connectivity index (χ1) is 11.6. The summed E-state index contributed by atoms with van der Waals surface area (Å²) >= 11 is 5.87. The molecule has 124 valence electrons. The molecule has 0 bridgehead atoms. The number of carbonyl (C=O) groups excluding carboxylic acids is 1. The molecule has 1 saturated heterocycles. The maximum Gasteiger partial charge on any atom is 0.168 e. The van der Waals surface area contributed by atoms with Crippen LogP contribution >= 0.6 is 11.6 Å². The second kappa shape index (κ2) is 7.73. The monoisotopic (exact) mass is 340 g/mol. The van der Waals surface area contributed by atoms with Crippen LogP contribution in [0.3, 0.4) is 0 Å². The molecule has 3 rings (SSSR count). The van der Waals surface area contributed by atoms with E-state index in [1.54, 1.807) is 24.3 Å². The van der Waals surface area contributed by atoms with Gasteiger partial charge in [-0.15, -0.1) is 0 Å². The lowest BCUT2D eigenvalue weighted by Gasteiger charge is -2.23. The van der Waals surface area contributed by atoms with Crippen molar-refractivity contribution in [2.75, 3.05) is 20.1 Å². The van der Waals surface area contributed by atoms with Crippen LogP contribution < -0.4 is 0 Å². The largest absolute Gasteiger partial charge is 0.306 e. The Hall–Kier alpha value is -1.97. The minimum atomic E-state index is 0.0586. The minimum Gasteiger partial charge on any atom is -0.306 e. The summed E-state index contributed by atoms with van der Waals surface area (Å²) in [7, 11) is 2.15. The Morgan fingerprint density at radius 2 is 1.88 bits per heavy atom. The Balaban J connectivity index is 1.70. The van der Waals surface area contributed by atoms with Gasteiger partial charge in [-0.1, -0.05) is 23.2 Å². The first kappa shape index (κ1) is 16.9. The van der Waals surface area contributed by atoms with Crippen LogP contribution in [-0.2, 0) is 6.42 Å². The summed E-state index contributed by atoms with van der Waals surface area (Å²) in [6, 6.07) is 12.9. The first-order valence-electron chi connectivity index (χ1n) is 8.23. The maximum atomic E-state index is 12.4. The highest BCUT2D eigenvalue weighted by atomic mass is 35.5. The second-order valence-electron chi connectivity index (χ2n) is 6.27. The van der Waals surface area contributed by atoms with E-state index in [0.717, 1.165) is 37.3 Å². The zero-order chi connectivity index (χ0) is 16.9. The van der Waals surface area contributed by atoms with Crippen LogP contribution in [0.4, 0.5) is 0 Å². The smallest absolute Gasteiger partial charge is 0.168 e. The number of piperidine rings is 1. The van der Waals surface area contributed by atoms with Crippen molar-refractivity contribution in [3.05, 3.63) is 70.0 Å². The highest BCUT2D eigenvalue weighted by Gasteiger charge is 2.11. The Morgan fingerprint density at radius 1 is 1.17 bits per heavy atom. The van der Waals surface area contributed by atoms with Crippen molar-refractivity contribution >= 4 is 23.5 Å². The number of ketones is 1. The van der Waals surface area contributed by atoms with Crippen LogP contribution in [0.15, 0.2) is 48.0 Å². The zero-order valence-corrected chi connectivity index (χ0v) is 14.6. The Bertz CT molecular complexity index is 742. The Morgan fingerprint density at radius 3 is 2.58 bits per heavy atom. The molecular weight excluding hydrogens is 320 g/mol. The van der Waals surface area contributed by atoms with Crippen molar-refractivity contribution in [3.63, 3.8) is 0 Å². The van der Waals surface area contributed by atoms with E-state index in [9.17, 15) is 4.79 Å². The molecule has 0 amide bonds. The number of Topliss-reactive ketones (excluding diaryl/α,β-unsaturated/α-hetero) is 1. The lowest BCUT2D eigenvalue weighted by atomic mass is 10.0. The van der Waals surface area contributed by atoms with Gasteiger partial charge in [-0.25, -0.2) is 0 Å². The molecule has 1 fully saturated rings. The van der Waals surface area contributed by atoms with Crippen LogP contribution in [0.5, 0.6) is 0 Å². The molecule has 1 aromatic carbocycles. The molecule has 0 N–H and O–H groups in total. The Labute approximate surface area is 148 Å². The highest BCUT2D eigenvalue weighted by molar-refractivity contribution is 6.30. The van der Waals surface area contributed by atoms with Gasteiger partial charge < -0.3 is 4.90 Å². The molecule has 0 saturated carbocycles. The SMILES string of the molecule is CN1CCC(=Cc2cccc(CC(=O)c3ccc(Cl)cc3)n2)CC1. The third-order valence-electron chi connectivity index (χ3n) is 4.32. The van der Waals surface area contributed by atoms with Gasteiger partial charge in [0.05, 0.1) is 12.1 Å². The summed E-state index contributed by atoms with van der Waals surface area (Å²) in [5.74, 6) is 0.0586. The first-order valence-corrected chi connectivity index (χ1v) is 8.60. The zero-order valence-electron chi connectivity index (χ0n) is 13.8. The van der Waals surface area contributed by atoms with Crippen LogP contribution in [0.2, 0.25) is 5.02 Å². The molecule has 24 heavy (non-hydrogen) atoms. The number of nitrogens with zero attached hydrogens (tertiary/aromatic N) is 2. The quantitative estimate of drug-likeness (QED) is 0.779. The van der Waals surface area contributed by atoms with E-state index in [0.29, 0.717) is 17.0 Å². The van der Waals surface area contributed by atoms with Crippen molar-refractivity contribution in [1.29, 1.82) is 0 Å². The van der Waals surface area contributed by atoms with E-state index < -0.39 is 0 Å². The summed E-state index contributed by atoms with van der Waals surface area (Å²) < 4.78 is 0. The summed E-state index contributed by atoms with van der Waals surface area (Å²) in [6.45, 7) is 2.20. The van der Waals surface area contributed by atoms with Gasteiger partial charge in [-0.05, 0) is 62.4 Å².